The zero-order valence-electron chi connectivity index (χ0n) is 9.89. The van der Waals surface area contributed by atoms with Gasteiger partial charge in [0.05, 0.1) is 0 Å². The quantitative estimate of drug-likeness (QED) is 0.469. The van der Waals surface area contributed by atoms with Crippen molar-refractivity contribution in [3.8, 4) is 0 Å². The molecule has 0 atom stereocenters. The van der Waals surface area contributed by atoms with Gasteiger partial charge in [0, 0.05) is 7.11 Å². The molecule has 0 saturated heterocycles. The Labute approximate surface area is 86.1 Å². The van der Waals surface area contributed by atoms with Crippen LogP contribution in [0.2, 0.25) is 18.1 Å². The van der Waals surface area contributed by atoms with Crippen molar-refractivity contribution in [1.29, 1.82) is 0 Å². The van der Waals surface area contributed by atoms with Crippen LogP contribution < -0.4 is 0 Å². The zero-order chi connectivity index (χ0) is 10.3. The van der Waals surface area contributed by atoms with E-state index in [2.05, 4.69) is 27.2 Å². The summed E-state index contributed by atoms with van der Waals surface area (Å²) in [4.78, 5) is 0. The fraction of sp³-hybridized carbons (Fsp3) is 1.00. The van der Waals surface area contributed by atoms with Gasteiger partial charge in [0.25, 0.3) is 0 Å². The van der Waals surface area contributed by atoms with Gasteiger partial charge in [0.2, 0.25) is 0 Å². The molecular formula is C10H25OPSi. The van der Waals surface area contributed by atoms with Crippen molar-refractivity contribution in [3.63, 3.8) is 0 Å². The second kappa shape index (κ2) is 6.97. The minimum Gasteiger partial charge on any atom is -0.420 e. The topological polar surface area (TPSA) is 9.23 Å². The maximum atomic E-state index is 5.76. The zero-order valence-corrected chi connectivity index (χ0v) is 11.8. The van der Waals surface area contributed by atoms with Crippen LogP contribution in [-0.2, 0) is 4.43 Å². The van der Waals surface area contributed by atoms with E-state index in [0.717, 1.165) is 0 Å². The second-order valence-electron chi connectivity index (χ2n) is 4.00. The number of hydrogen-bond donors (Lipinski definition) is 0. The average molecular weight is 220 g/mol. The molecule has 0 fully saturated rings. The molecular weight excluding hydrogens is 195 g/mol. The predicted octanol–water partition coefficient (Wildman–Crippen LogP) is 3.75. The third-order valence-electron chi connectivity index (χ3n) is 2.96. The van der Waals surface area contributed by atoms with Crippen molar-refractivity contribution in [2.45, 2.75) is 38.4 Å². The molecule has 0 N–H and O–H groups in total. The molecule has 0 aliphatic heterocycles. The van der Waals surface area contributed by atoms with Gasteiger partial charge in [0.15, 0.2) is 8.32 Å². The van der Waals surface area contributed by atoms with E-state index in [9.17, 15) is 0 Å². The molecule has 0 aliphatic rings. The highest BCUT2D eigenvalue weighted by Crippen LogP contribution is 2.30. The summed E-state index contributed by atoms with van der Waals surface area (Å²) in [6.45, 7) is 9.31. The van der Waals surface area contributed by atoms with Gasteiger partial charge in [-0.25, -0.2) is 0 Å². The van der Waals surface area contributed by atoms with E-state index in [1.807, 2.05) is 7.11 Å². The Balaban J connectivity index is 3.81. The van der Waals surface area contributed by atoms with Crippen LogP contribution in [0.1, 0.15) is 20.3 Å². The van der Waals surface area contributed by atoms with E-state index < -0.39 is 8.32 Å². The summed E-state index contributed by atoms with van der Waals surface area (Å²) in [6.07, 6.45) is 2.81. The Morgan fingerprint density at radius 1 is 1.15 bits per heavy atom. The molecule has 13 heavy (non-hydrogen) atoms. The number of rotatable bonds is 7. The average Bonchev–Trinajstić information content (AvgIpc) is 2.13. The van der Waals surface area contributed by atoms with E-state index in [-0.39, 0.29) is 0 Å². The number of hydrogen-bond acceptors (Lipinski definition) is 1. The first-order valence-corrected chi connectivity index (χ1v) is 10.2. The largest absolute Gasteiger partial charge is 0.420 e. The lowest BCUT2D eigenvalue weighted by atomic mass is 10.6. The molecule has 0 unspecified atom stereocenters. The summed E-state index contributed by atoms with van der Waals surface area (Å²) in [5.74, 6) is 0. The lowest BCUT2D eigenvalue weighted by Crippen LogP contribution is -2.35. The lowest BCUT2D eigenvalue weighted by Gasteiger charge is -2.27. The van der Waals surface area contributed by atoms with E-state index in [0.29, 0.717) is 7.92 Å². The van der Waals surface area contributed by atoms with E-state index in [1.54, 1.807) is 0 Å². The normalized spacial score (nSPS) is 12.5. The second-order valence-corrected chi connectivity index (χ2v) is 11.3. The Morgan fingerprint density at radius 2 is 1.69 bits per heavy atom. The molecule has 0 heterocycles. The van der Waals surface area contributed by atoms with Gasteiger partial charge in [0.1, 0.15) is 0 Å². The predicted molar refractivity (Wildman–Crippen MR) is 66.8 cm³/mol. The van der Waals surface area contributed by atoms with Crippen molar-refractivity contribution in [2.24, 2.45) is 0 Å². The third kappa shape index (κ3) is 5.14. The van der Waals surface area contributed by atoms with Crippen LogP contribution in [0.25, 0.3) is 0 Å². The fourth-order valence-electron chi connectivity index (χ4n) is 1.71. The summed E-state index contributed by atoms with van der Waals surface area (Å²) in [7, 11) is 0.941. The molecule has 0 radical (unpaired) electrons. The Bertz CT molecular complexity index is 116. The van der Waals surface area contributed by atoms with Gasteiger partial charge in [-0.05, 0) is 44.0 Å². The van der Waals surface area contributed by atoms with Crippen LogP contribution in [0, 0.1) is 0 Å². The van der Waals surface area contributed by atoms with Gasteiger partial charge in [-0.2, -0.15) is 0 Å². The first kappa shape index (κ1) is 13.6. The molecule has 0 bridgehead atoms. The molecule has 0 amide bonds. The molecule has 0 aromatic heterocycles. The van der Waals surface area contributed by atoms with Crippen LogP contribution in [0.5, 0.6) is 0 Å². The van der Waals surface area contributed by atoms with E-state index in [4.69, 9.17) is 4.43 Å². The smallest absolute Gasteiger partial charge is 0.191 e. The summed E-state index contributed by atoms with van der Waals surface area (Å²) in [6, 6.07) is 3.94. The Hall–Kier alpha value is 0.607. The molecule has 0 aromatic carbocycles. The van der Waals surface area contributed by atoms with Crippen molar-refractivity contribution in [2.75, 3.05) is 26.6 Å². The third-order valence-corrected chi connectivity index (χ3v) is 8.88. The fourth-order valence-corrected chi connectivity index (χ4v) is 5.61. The highest BCUT2D eigenvalue weighted by molar-refractivity contribution is 7.55. The van der Waals surface area contributed by atoms with E-state index in [1.165, 1.54) is 30.7 Å². The van der Waals surface area contributed by atoms with Crippen molar-refractivity contribution in [3.05, 3.63) is 0 Å². The van der Waals surface area contributed by atoms with Crippen molar-refractivity contribution in [1.82, 2.24) is 0 Å². The Morgan fingerprint density at radius 3 is 2.00 bits per heavy atom. The van der Waals surface area contributed by atoms with Crippen LogP contribution in [-0.4, -0.2) is 34.9 Å². The van der Waals surface area contributed by atoms with E-state index >= 15 is 0 Å². The summed E-state index contributed by atoms with van der Waals surface area (Å²) >= 11 is 0. The van der Waals surface area contributed by atoms with Gasteiger partial charge in [-0.15, -0.1) is 7.92 Å². The molecule has 0 rings (SSSR count). The maximum absolute atomic E-state index is 5.76. The summed E-state index contributed by atoms with van der Waals surface area (Å²) in [5.41, 5.74) is 0. The standard InChI is InChI=1S/C10H25OPSi/c1-6-13(7-2,11-3)10-8-9-12(4)5/h6-10H2,1-5H3. The van der Waals surface area contributed by atoms with Gasteiger partial charge >= 0.3 is 0 Å². The minimum absolute atomic E-state index is 0.298. The molecule has 1 nitrogen and oxygen atoms in total. The first-order valence-electron chi connectivity index (χ1n) is 5.30. The maximum Gasteiger partial charge on any atom is 0.191 e. The summed E-state index contributed by atoms with van der Waals surface area (Å²) < 4.78 is 5.76. The van der Waals surface area contributed by atoms with Crippen molar-refractivity contribution < 1.29 is 4.43 Å². The molecule has 0 spiro atoms. The summed E-state index contributed by atoms with van der Waals surface area (Å²) in [5, 5.41) is 0. The van der Waals surface area contributed by atoms with Gasteiger partial charge in [-0.1, -0.05) is 13.8 Å². The minimum atomic E-state index is -1.27. The molecule has 80 valence electrons. The molecule has 0 saturated carbocycles. The SMILES string of the molecule is CC[Si](CC)(CCCP(C)C)OC. The van der Waals surface area contributed by atoms with Crippen LogP contribution in [0.15, 0.2) is 0 Å². The molecule has 0 aliphatic carbocycles. The van der Waals surface area contributed by atoms with Gasteiger partial charge < -0.3 is 4.43 Å². The first-order chi connectivity index (χ1) is 6.10. The Kier molecular flexibility index (Phi) is 7.30. The molecule has 3 heteroatoms. The monoisotopic (exact) mass is 220 g/mol. The van der Waals surface area contributed by atoms with Crippen LogP contribution >= 0.6 is 7.92 Å². The van der Waals surface area contributed by atoms with Crippen LogP contribution in [0.4, 0.5) is 0 Å². The lowest BCUT2D eigenvalue weighted by molar-refractivity contribution is 0.391. The highest BCUT2D eigenvalue weighted by atomic mass is 31.1. The van der Waals surface area contributed by atoms with Gasteiger partial charge in [-0.3, -0.25) is 0 Å². The highest BCUT2D eigenvalue weighted by Gasteiger charge is 2.28. The van der Waals surface area contributed by atoms with Crippen molar-refractivity contribution >= 4 is 16.2 Å². The van der Waals surface area contributed by atoms with Crippen LogP contribution in [0.3, 0.4) is 0 Å². The molecule has 0 aromatic rings.